The third-order valence-electron chi connectivity index (χ3n) is 3.49. The molecule has 3 aromatic rings. The number of hydrogen-bond acceptors (Lipinski definition) is 6. The lowest BCUT2D eigenvalue weighted by atomic mass is 10.1. The Hall–Kier alpha value is -3.61. The maximum Gasteiger partial charge on any atom is 0.273 e. The number of phenols is 1. The van der Waals surface area contributed by atoms with Crippen molar-refractivity contribution in [2.24, 2.45) is 10.2 Å². The van der Waals surface area contributed by atoms with E-state index in [1.807, 2.05) is 24.3 Å². The van der Waals surface area contributed by atoms with Crippen molar-refractivity contribution in [1.82, 2.24) is 0 Å². The van der Waals surface area contributed by atoms with Crippen molar-refractivity contribution in [1.29, 1.82) is 0 Å². The molecule has 0 heterocycles. The topological polar surface area (TPSA) is 105 Å². The maximum atomic E-state index is 11.2. The predicted octanol–water partition coefficient (Wildman–Crippen LogP) is 4.68. The van der Waals surface area contributed by atoms with Crippen molar-refractivity contribution in [2.75, 3.05) is 0 Å². The second-order valence-corrected chi connectivity index (χ2v) is 4.97. The summed E-state index contributed by atoms with van der Waals surface area (Å²) in [6, 6.07) is 14.3. The summed E-state index contributed by atoms with van der Waals surface area (Å²) in [5.74, 6) is -0.360. The summed E-state index contributed by atoms with van der Waals surface area (Å²) >= 11 is 0. The van der Waals surface area contributed by atoms with Crippen LogP contribution in [0, 0.1) is 10.1 Å². The number of fused-ring (bicyclic) bond motifs is 1. The fourth-order valence-electron chi connectivity index (χ4n) is 2.29. The highest BCUT2D eigenvalue weighted by molar-refractivity contribution is 6.00. The number of phenolic OH excluding ortho intramolecular Hbond substituents is 1. The standard InChI is InChI=1S/C17H11N3O4/c21-10-12-6-5-11-3-1-2-4-14(11)17(12)19-18-15-8-7-13(20(23)24)9-16(15)22/h1-10,22H. The van der Waals surface area contributed by atoms with Crippen molar-refractivity contribution < 1.29 is 14.8 Å². The third kappa shape index (κ3) is 2.82. The highest BCUT2D eigenvalue weighted by atomic mass is 16.6. The summed E-state index contributed by atoms with van der Waals surface area (Å²) < 4.78 is 0. The van der Waals surface area contributed by atoms with Crippen LogP contribution in [0.15, 0.2) is 64.8 Å². The minimum atomic E-state index is -0.615. The number of nitro benzene ring substituents is 1. The number of aldehydes is 1. The van der Waals surface area contributed by atoms with Crippen LogP contribution in [0.25, 0.3) is 10.8 Å². The third-order valence-corrected chi connectivity index (χ3v) is 3.49. The van der Waals surface area contributed by atoms with Crippen molar-refractivity contribution in [3.05, 3.63) is 70.3 Å². The number of nitro groups is 1. The number of rotatable bonds is 4. The molecule has 0 bridgehead atoms. The molecule has 0 radical (unpaired) electrons. The molecule has 118 valence electrons. The van der Waals surface area contributed by atoms with Crippen molar-refractivity contribution >= 4 is 34.1 Å². The quantitative estimate of drug-likeness (QED) is 0.326. The molecule has 0 saturated carbocycles. The van der Waals surface area contributed by atoms with Crippen LogP contribution in [0.4, 0.5) is 17.1 Å². The Morgan fingerprint density at radius 2 is 1.83 bits per heavy atom. The van der Waals surface area contributed by atoms with Gasteiger partial charge in [-0.15, -0.1) is 10.2 Å². The fraction of sp³-hybridized carbons (Fsp3) is 0. The fourth-order valence-corrected chi connectivity index (χ4v) is 2.29. The van der Waals surface area contributed by atoms with E-state index < -0.39 is 4.92 Å². The second kappa shape index (κ2) is 6.25. The van der Waals surface area contributed by atoms with Gasteiger partial charge >= 0.3 is 0 Å². The first kappa shape index (κ1) is 15.3. The van der Waals surface area contributed by atoms with Crippen LogP contribution in [0.2, 0.25) is 0 Å². The van der Waals surface area contributed by atoms with Crippen LogP contribution < -0.4 is 0 Å². The smallest absolute Gasteiger partial charge is 0.273 e. The summed E-state index contributed by atoms with van der Waals surface area (Å²) in [5.41, 5.74) is 0.565. The lowest BCUT2D eigenvalue weighted by molar-refractivity contribution is -0.384. The molecule has 0 spiro atoms. The van der Waals surface area contributed by atoms with Crippen molar-refractivity contribution in [3.8, 4) is 5.75 Å². The first-order valence-corrected chi connectivity index (χ1v) is 6.96. The molecule has 0 amide bonds. The zero-order valence-electron chi connectivity index (χ0n) is 12.3. The van der Waals surface area contributed by atoms with Crippen LogP contribution in [0.5, 0.6) is 5.75 Å². The number of aromatic hydroxyl groups is 1. The average molecular weight is 321 g/mol. The van der Waals surface area contributed by atoms with E-state index in [2.05, 4.69) is 10.2 Å². The molecule has 1 N–H and O–H groups in total. The summed E-state index contributed by atoms with van der Waals surface area (Å²) in [4.78, 5) is 21.3. The molecular weight excluding hydrogens is 310 g/mol. The molecule has 0 aliphatic rings. The Labute approximate surface area is 136 Å². The number of benzene rings is 3. The Balaban J connectivity index is 2.08. The number of carbonyl (C=O) groups is 1. The maximum absolute atomic E-state index is 11.2. The van der Waals surface area contributed by atoms with E-state index in [1.165, 1.54) is 12.1 Å². The molecule has 0 aliphatic carbocycles. The molecule has 7 nitrogen and oxygen atoms in total. The van der Waals surface area contributed by atoms with Gasteiger partial charge in [-0.2, -0.15) is 0 Å². The SMILES string of the molecule is O=Cc1ccc2ccccc2c1N=Nc1ccc([N+](=O)[O-])cc1O. The highest BCUT2D eigenvalue weighted by Crippen LogP contribution is 2.34. The van der Waals surface area contributed by atoms with Gasteiger partial charge in [-0.3, -0.25) is 14.9 Å². The lowest BCUT2D eigenvalue weighted by Gasteiger charge is -2.04. The minimum Gasteiger partial charge on any atom is -0.505 e. The molecule has 0 aromatic heterocycles. The normalized spacial score (nSPS) is 11.0. The van der Waals surface area contributed by atoms with Gasteiger partial charge in [-0.1, -0.05) is 30.3 Å². The number of hydrogen-bond donors (Lipinski definition) is 1. The van der Waals surface area contributed by atoms with Crippen molar-refractivity contribution in [3.63, 3.8) is 0 Å². The summed E-state index contributed by atoms with van der Waals surface area (Å²) in [6.07, 6.45) is 0.677. The van der Waals surface area contributed by atoms with Gasteiger partial charge in [-0.25, -0.2) is 0 Å². The first-order valence-electron chi connectivity index (χ1n) is 6.96. The van der Waals surface area contributed by atoms with E-state index in [9.17, 15) is 20.0 Å². The number of nitrogens with zero attached hydrogens (tertiary/aromatic N) is 3. The molecule has 0 fully saturated rings. The van der Waals surface area contributed by atoms with Gasteiger partial charge in [0.25, 0.3) is 5.69 Å². The molecule has 24 heavy (non-hydrogen) atoms. The number of azo groups is 1. The van der Waals surface area contributed by atoms with Crippen LogP contribution in [-0.2, 0) is 0 Å². The molecule has 7 heteroatoms. The van der Waals surface area contributed by atoms with Gasteiger partial charge in [0.1, 0.15) is 17.1 Å². The van der Waals surface area contributed by atoms with Gasteiger partial charge < -0.3 is 5.11 Å². The van der Waals surface area contributed by atoms with Gasteiger partial charge in [0.15, 0.2) is 6.29 Å². The van der Waals surface area contributed by atoms with E-state index in [-0.39, 0.29) is 17.1 Å². The summed E-state index contributed by atoms with van der Waals surface area (Å²) in [7, 11) is 0. The summed E-state index contributed by atoms with van der Waals surface area (Å²) in [5, 5.41) is 30.1. The molecule has 0 aliphatic heterocycles. The lowest BCUT2D eigenvalue weighted by Crippen LogP contribution is -1.86. The molecule has 0 atom stereocenters. The molecule has 3 aromatic carbocycles. The predicted molar refractivity (Wildman–Crippen MR) is 88.3 cm³/mol. The summed E-state index contributed by atoms with van der Waals surface area (Å²) in [6.45, 7) is 0. The van der Waals surface area contributed by atoms with E-state index in [0.717, 1.165) is 16.8 Å². The zero-order chi connectivity index (χ0) is 17.1. The zero-order valence-corrected chi connectivity index (χ0v) is 12.3. The van der Waals surface area contributed by atoms with E-state index >= 15 is 0 Å². The van der Waals surface area contributed by atoms with Gasteiger partial charge in [0.2, 0.25) is 0 Å². The molecule has 0 saturated heterocycles. The largest absolute Gasteiger partial charge is 0.505 e. The van der Waals surface area contributed by atoms with E-state index in [1.54, 1.807) is 12.1 Å². The highest BCUT2D eigenvalue weighted by Gasteiger charge is 2.11. The van der Waals surface area contributed by atoms with Gasteiger partial charge in [0, 0.05) is 17.0 Å². The Kier molecular flexibility index (Phi) is 3.98. The monoisotopic (exact) mass is 321 g/mol. The van der Waals surface area contributed by atoms with Crippen molar-refractivity contribution in [2.45, 2.75) is 0 Å². The molecular formula is C17H11N3O4. The number of carbonyl (C=O) groups excluding carboxylic acids is 1. The van der Waals surface area contributed by atoms with Gasteiger partial charge in [-0.05, 0) is 17.5 Å². The molecule has 3 rings (SSSR count). The van der Waals surface area contributed by atoms with Crippen LogP contribution in [0.3, 0.4) is 0 Å². The Morgan fingerprint density at radius 1 is 1.04 bits per heavy atom. The number of non-ortho nitro benzene ring substituents is 1. The minimum absolute atomic E-state index is 0.0744. The van der Waals surface area contributed by atoms with E-state index in [4.69, 9.17) is 0 Å². The second-order valence-electron chi connectivity index (χ2n) is 4.97. The van der Waals surface area contributed by atoms with Crippen LogP contribution in [-0.4, -0.2) is 16.3 Å². The first-order chi connectivity index (χ1) is 11.6. The van der Waals surface area contributed by atoms with Crippen LogP contribution >= 0.6 is 0 Å². The van der Waals surface area contributed by atoms with Gasteiger partial charge in [0.05, 0.1) is 11.0 Å². The van der Waals surface area contributed by atoms with Crippen LogP contribution in [0.1, 0.15) is 10.4 Å². The average Bonchev–Trinajstić information content (AvgIpc) is 2.60. The Morgan fingerprint density at radius 3 is 2.54 bits per heavy atom. The molecule has 0 unspecified atom stereocenters. The van der Waals surface area contributed by atoms with E-state index in [0.29, 0.717) is 17.5 Å². The Bertz CT molecular complexity index is 983.